The van der Waals surface area contributed by atoms with Crippen LogP contribution in [0.25, 0.3) is 5.82 Å². The van der Waals surface area contributed by atoms with Crippen LogP contribution in [0.4, 0.5) is 11.5 Å². The van der Waals surface area contributed by atoms with Crippen molar-refractivity contribution in [2.75, 3.05) is 5.73 Å². The SMILES string of the molecule is Nc1c([N+](=O)[O-])cnn1-c1nn2c(c1Br)CCCC2. The summed E-state index contributed by atoms with van der Waals surface area (Å²) in [6.07, 6.45) is 4.25. The molecule has 0 aliphatic carbocycles. The maximum atomic E-state index is 10.8. The minimum Gasteiger partial charge on any atom is -0.378 e. The van der Waals surface area contributed by atoms with Crippen molar-refractivity contribution in [3.8, 4) is 5.82 Å². The summed E-state index contributed by atoms with van der Waals surface area (Å²) in [7, 11) is 0. The Hall–Kier alpha value is -1.90. The highest BCUT2D eigenvalue weighted by atomic mass is 79.9. The van der Waals surface area contributed by atoms with Gasteiger partial charge in [-0.1, -0.05) is 0 Å². The van der Waals surface area contributed by atoms with E-state index in [4.69, 9.17) is 5.73 Å². The predicted molar refractivity (Wildman–Crippen MR) is 71.1 cm³/mol. The van der Waals surface area contributed by atoms with Crippen LogP contribution in [0.1, 0.15) is 18.5 Å². The Labute approximate surface area is 116 Å². The van der Waals surface area contributed by atoms with Gasteiger partial charge in [-0.05, 0) is 35.2 Å². The van der Waals surface area contributed by atoms with Gasteiger partial charge in [-0.15, -0.1) is 0 Å². The third-order valence-corrected chi connectivity index (χ3v) is 4.01. The fourth-order valence-electron chi connectivity index (χ4n) is 2.23. The normalized spacial score (nSPS) is 14.4. The van der Waals surface area contributed by atoms with E-state index in [1.54, 1.807) is 0 Å². The molecule has 2 aromatic rings. The van der Waals surface area contributed by atoms with Gasteiger partial charge in [0.05, 0.1) is 15.1 Å². The minimum absolute atomic E-state index is 0.0128. The number of halogens is 1. The van der Waals surface area contributed by atoms with Gasteiger partial charge in [0.2, 0.25) is 5.82 Å². The van der Waals surface area contributed by atoms with Crippen LogP contribution in [0.15, 0.2) is 10.7 Å². The van der Waals surface area contributed by atoms with Crippen LogP contribution in [0.2, 0.25) is 0 Å². The van der Waals surface area contributed by atoms with E-state index in [-0.39, 0.29) is 11.5 Å². The van der Waals surface area contributed by atoms with Crippen molar-refractivity contribution in [1.82, 2.24) is 19.6 Å². The van der Waals surface area contributed by atoms with E-state index in [2.05, 4.69) is 26.1 Å². The lowest BCUT2D eigenvalue weighted by Gasteiger charge is -2.12. The lowest BCUT2D eigenvalue weighted by molar-refractivity contribution is -0.383. The molecule has 19 heavy (non-hydrogen) atoms. The second kappa shape index (κ2) is 4.34. The van der Waals surface area contributed by atoms with Crippen molar-refractivity contribution >= 4 is 27.4 Å². The number of hydrogen-bond acceptors (Lipinski definition) is 5. The molecule has 0 unspecified atom stereocenters. The summed E-state index contributed by atoms with van der Waals surface area (Å²) in [6.45, 7) is 0.844. The van der Waals surface area contributed by atoms with Gasteiger partial charge >= 0.3 is 5.69 Å². The second-order valence-electron chi connectivity index (χ2n) is 4.35. The minimum atomic E-state index is -0.553. The molecule has 0 fully saturated rings. The Bertz CT molecular complexity index is 661. The average Bonchev–Trinajstić information content (AvgIpc) is 2.91. The summed E-state index contributed by atoms with van der Waals surface area (Å²) in [5, 5.41) is 19.2. The van der Waals surface area contributed by atoms with E-state index in [0.717, 1.165) is 42.2 Å². The van der Waals surface area contributed by atoms with E-state index in [1.807, 2.05) is 4.68 Å². The molecule has 3 heterocycles. The van der Waals surface area contributed by atoms with Gasteiger partial charge in [-0.2, -0.15) is 14.9 Å². The molecule has 2 aromatic heterocycles. The number of nitrogens with two attached hydrogens (primary N) is 1. The van der Waals surface area contributed by atoms with Crippen LogP contribution >= 0.6 is 15.9 Å². The quantitative estimate of drug-likeness (QED) is 0.667. The lowest BCUT2D eigenvalue weighted by atomic mass is 10.1. The molecule has 1 aliphatic rings. The first-order valence-electron chi connectivity index (χ1n) is 5.83. The van der Waals surface area contributed by atoms with E-state index >= 15 is 0 Å². The van der Waals surface area contributed by atoms with Crippen molar-refractivity contribution in [2.24, 2.45) is 0 Å². The van der Waals surface area contributed by atoms with Gasteiger partial charge < -0.3 is 5.73 Å². The number of nitrogens with zero attached hydrogens (tertiary/aromatic N) is 5. The fourth-order valence-corrected chi connectivity index (χ4v) is 2.88. The zero-order valence-corrected chi connectivity index (χ0v) is 11.5. The summed E-state index contributed by atoms with van der Waals surface area (Å²) in [6, 6.07) is 0. The van der Waals surface area contributed by atoms with Gasteiger partial charge in [0.15, 0.2) is 5.82 Å². The first kappa shape index (κ1) is 12.2. The van der Waals surface area contributed by atoms with Crippen molar-refractivity contribution in [1.29, 1.82) is 0 Å². The molecule has 9 heteroatoms. The molecule has 2 N–H and O–H groups in total. The number of rotatable bonds is 2. The molecule has 0 atom stereocenters. The van der Waals surface area contributed by atoms with E-state index in [9.17, 15) is 10.1 Å². The first-order chi connectivity index (χ1) is 9.09. The van der Waals surface area contributed by atoms with Crippen LogP contribution in [-0.2, 0) is 13.0 Å². The van der Waals surface area contributed by atoms with Gasteiger partial charge in [0, 0.05) is 6.54 Å². The number of fused-ring (bicyclic) bond motifs is 1. The molecular formula is C10H11BrN6O2. The molecule has 3 rings (SSSR count). The van der Waals surface area contributed by atoms with Crippen LogP contribution in [0.3, 0.4) is 0 Å². The van der Waals surface area contributed by atoms with Crippen molar-refractivity contribution < 1.29 is 4.92 Å². The summed E-state index contributed by atoms with van der Waals surface area (Å²) in [5.74, 6) is 0.489. The third kappa shape index (κ3) is 1.81. The van der Waals surface area contributed by atoms with Crippen LogP contribution in [0.5, 0.6) is 0 Å². The summed E-state index contributed by atoms with van der Waals surface area (Å²) < 4.78 is 4.00. The Morgan fingerprint density at radius 1 is 1.47 bits per heavy atom. The van der Waals surface area contributed by atoms with Crippen LogP contribution < -0.4 is 5.73 Å². The molecule has 0 spiro atoms. The Balaban J connectivity index is 2.12. The number of hydrogen-bond donors (Lipinski definition) is 1. The maximum Gasteiger partial charge on any atom is 0.331 e. The Kier molecular flexibility index (Phi) is 2.77. The monoisotopic (exact) mass is 326 g/mol. The first-order valence-corrected chi connectivity index (χ1v) is 6.62. The van der Waals surface area contributed by atoms with Crippen molar-refractivity contribution in [3.05, 3.63) is 26.5 Å². The fraction of sp³-hybridized carbons (Fsp3) is 0.400. The molecule has 0 aromatic carbocycles. The predicted octanol–water partition coefficient (Wildman–Crippen LogP) is 1.66. The molecule has 8 nitrogen and oxygen atoms in total. The third-order valence-electron chi connectivity index (χ3n) is 3.19. The molecule has 0 saturated carbocycles. The van der Waals surface area contributed by atoms with Crippen LogP contribution in [-0.4, -0.2) is 24.5 Å². The molecule has 100 valence electrons. The van der Waals surface area contributed by atoms with Crippen molar-refractivity contribution in [2.45, 2.75) is 25.8 Å². The average molecular weight is 327 g/mol. The van der Waals surface area contributed by atoms with Gasteiger partial charge in [0.1, 0.15) is 6.20 Å². The highest BCUT2D eigenvalue weighted by Gasteiger charge is 2.25. The number of nitrogen functional groups attached to an aromatic ring is 1. The van der Waals surface area contributed by atoms with Gasteiger partial charge in [0.25, 0.3) is 0 Å². The molecule has 0 amide bonds. The molecular weight excluding hydrogens is 316 g/mol. The Morgan fingerprint density at radius 2 is 2.26 bits per heavy atom. The second-order valence-corrected chi connectivity index (χ2v) is 5.14. The number of anilines is 1. The highest BCUT2D eigenvalue weighted by molar-refractivity contribution is 9.10. The van der Waals surface area contributed by atoms with Gasteiger partial charge in [-0.3, -0.25) is 14.8 Å². The smallest absolute Gasteiger partial charge is 0.331 e. The summed E-state index contributed by atoms with van der Waals surface area (Å²) in [5.41, 5.74) is 6.62. The Morgan fingerprint density at radius 3 is 2.89 bits per heavy atom. The number of aromatic nitrogens is 4. The van der Waals surface area contributed by atoms with Gasteiger partial charge in [-0.25, -0.2) is 0 Å². The largest absolute Gasteiger partial charge is 0.378 e. The zero-order chi connectivity index (χ0) is 13.6. The van der Waals surface area contributed by atoms with E-state index in [0.29, 0.717) is 5.82 Å². The highest BCUT2D eigenvalue weighted by Crippen LogP contribution is 2.32. The molecule has 0 bridgehead atoms. The van der Waals surface area contributed by atoms with Crippen molar-refractivity contribution in [3.63, 3.8) is 0 Å². The van der Waals surface area contributed by atoms with E-state index < -0.39 is 4.92 Å². The summed E-state index contributed by atoms with van der Waals surface area (Å²) in [4.78, 5) is 10.2. The topological polar surface area (TPSA) is 105 Å². The van der Waals surface area contributed by atoms with Crippen LogP contribution in [0, 0.1) is 10.1 Å². The zero-order valence-electron chi connectivity index (χ0n) is 9.91. The number of aryl methyl sites for hydroxylation is 1. The number of nitro groups is 1. The molecule has 0 saturated heterocycles. The standard InChI is InChI=1S/C10H11BrN6O2/c11-8-6-3-1-2-4-15(6)14-10(8)16-9(12)7(5-13-16)17(18)19/h5H,1-4,12H2. The maximum absolute atomic E-state index is 10.8. The van der Waals surface area contributed by atoms with E-state index in [1.165, 1.54) is 4.68 Å². The molecule has 0 radical (unpaired) electrons. The molecule has 1 aliphatic heterocycles. The summed E-state index contributed by atoms with van der Waals surface area (Å²) >= 11 is 3.48. The lowest BCUT2D eigenvalue weighted by Crippen LogP contribution is -2.11.